The van der Waals surface area contributed by atoms with E-state index in [1.165, 1.54) is 17.6 Å². The van der Waals surface area contributed by atoms with E-state index in [9.17, 15) is 4.39 Å². The zero-order valence-corrected chi connectivity index (χ0v) is 13.4. The van der Waals surface area contributed by atoms with Gasteiger partial charge in [-0.25, -0.2) is 4.39 Å². The maximum atomic E-state index is 13.8. The van der Waals surface area contributed by atoms with Crippen molar-refractivity contribution in [2.24, 2.45) is 0 Å². The number of nitrogens with zero attached hydrogens (tertiary/aromatic N) is 2. The summed E-state index contributed by atoms with van der Waals surface area (Å²) in [5.74, 6) is 0.614. The second kappa shape index (κ2) is 7.19. The molecule has 0 aliphatic carbocycles. The number of anilines is 1. The van der Waals surface area contributed by atoms with Crippen molar-refractivity contribution >= 4 is 16.7 Å². The summed E-state index contributed by atoms with van der Waals surface area (Å²) in [7, 11) is 0. The Balaban J connectivity index is 1.65. The summed E-state index contributed by atoms with van der Waals surface area (Å²) >= 11 is 1.29. The van der Waals surface area contributed by atoms with Crippen molar-refractivity contribution in [3.8, 4) is 17.1 Å². The average Bonchev–Trinajstić information content (AvgIpc) is 3.05. The van der Waals surface area contributed by atoms with Crippen LogP contribution >= 0.6 is 11.5 Å². The Morgan fingerprint density at radius 1 is 1.17 bits per heavy atom. The topological polar surface area (TPSA) is 47.0 Å². The van der Waals surface area contributed by atoms with Crippen LogP contribution in [0.3, 0.4) is 0 Å². The molecule has 0 saturated heterocycles. The fourth-order valence-electron chi connectivity index (χ4n) is 2.10. The second-order valence-corrected chi connectivity index (χ2v) is 5.59. The predicted octanol–water partition coefficient (Wildman–Crippen LogP) is 4.36. The largest absolute Gasteiger partial charge is 0.491 e. The van der Waals surface area contributed by atoms with E-state index in [1.807, 2.05) is 43.3 Å². The van der Waals surface area contributed by atoms with Crippen molar-refractivity contribution < 1.29 is 9.13 Å². The van der Waals surface area contributed by atoms with Gasteiger partial charge in [-0.1, -0.05) is 36.4 Å². The quantitative estimate of drug-likeness (QED) is 0.730. The van der Waals surface area contributed by atoms with Crippen LogP contribution in [0.5, 0.6) is 5.75 Å². The van der Waals surface area contributed by atoms with E-state index < -0.39 is 0 Å². The molecular formula is C17H16FN3OS. The van der Waals surface area contributed by atoms with Gasteiger partial charge in [0.15, 0.2) is 17.4 Å². The molecule has 0 bridgehead atoms. The molecule has 0 radical (unpaired) electrons. The van der Waals surface area contributed by atoms with Gasteiger partial charge in [0.1, 0.15) is 0 Å². The average molecular weight is 329 g/mol. The van der Waals surface area contributed by atoms with E-state index in [4.69, 9.17) is 4.74 Å². The molecule has 118 valence electrons. The van der Waals surface area contributed by atoms with Gasteiger partial charge in [0.05, 0.1) is 6.61 Å². The summed E-state index contributed by atoms with van der Waals surface area (Å²) in [5.41, 5.74) is 1.80. The van der Waals surface area contributed by atoms with E-state index >= 15 is 0 Å². The minimum Gasteiger partial charge on any atom is -0.491 e. The van der Waals surface area contributed by atoms with E-state index in [2.05, 4.69) is 14.7 Å². The molecule has 1 heterocycles. The van der Waals surface area contributed by atoms with Crippen LogP contribution in [0, 0.1) is 5.82 Å². The smallest absolute Gasteiger partial charge is 0.203 e. The minimum atomic E-state index is -0.353. The molecule has 2 aromatic carbocycles. The monoisotopic (exact) mass is 329 g/mol. The summed E-state index contributed by atoms with van der Waals surface area (Å²) < 4.78 is 23.3. The van der Waals surface area contributed by atoms with Gasteiger partial charge in [-0.3, -0.25) is 0 Å². The van der Waals surface area contributed by atoms with Gasteiger partial charge >= 0.3 is 0 Å². The molecule has 0 atom stereocenters. The van der Waals surface area contributed by atoms with E-state index in [0.29, 0.717) is 24.1 Å². The Morgan fingerprint density at radius 2 is 2.00 bits per heavy atom. The molecule has 3 aromatic rings. The Labute approximate surface area is 138 Å². The molecule has 6 heteroatoms. The Kier molecular flexibility index (Phi) is 4.83. The molecule has 0 aliphatic rings. The summed E-state index contributed by atoms with van der Waals surface area (Å²) in [5, 5.41) is 3.87. The van der Waals surface area contributed by atoms with Crippen LogP contribution in [0.4, 0.5) is 9.52 Å². The molecule has 4 nitrogen and oxygen atoms in total. The Hall–Kier alpha value is -2.47. The molecular weight excluding hydrogens is 313 g/mol. The van der Waals surface area contributed by atoms with Crippen molar-refractivity contribution in [1.82, 2.24) is 9.36 Å². The molecule has 0 fully saturated rings. The van der Waals surface area contributed by atoms with Crippen LogP contribution in [-0.2, 0) is 6.54 Å². The molecule has 1 aromatic heterocycles. The normalized spacial score (nSPS) is 10.5. The summed E-state index contributed by atoms with van der Waals surface area (Å²) in [6.45, 7) is 2.75. The Bertz CT molecular complexity index is 777. The maximum Gasteiger partial charge on any atom is 0.203 e. The van der Waals surface area contributed by atoms with E-state index in [0.717, 1.165) is 11.1 Å². The lowest BCUT2D eigenvalue weighted by molar-refractivity contribution is 0.321. The van der Waals surface area contributed by atoms with Crippen molar-refractivity contribution in [3.05, 3.63) is 59.9 Å². The van der Waals surface area contributed by atoms with Crippen LogP contribution in [0.25, 0.3) is 11.4 Å². The van der Waals surface area contributed by atoms with E-state index in [-0.39, 0.29) is 11.6 Å². The zero-order valence-electron chi connectivity index (χ0n) is 12.6. The molecule has 0 amide bonds. The predicted molar refractivity (Wildman–Crippen MR) is 90.2 cm³/mol. The number of ether oxygens (including phenoxy) is 1. The third-order valence-electron chi connectivity index (χ3n) is 3.20. The van der Waals surface area contributed by atoms with Gasteiger partial charge in [0.25, 0.3) is 0 Å². The van der Waals surface area contributed by atoms with Crippen molar-refractivity contribution in [3.63, 3.8) is 0 Å². The van der Waals surface area contributed by atoms with Gasteiger partial charge < -0.3 is 10.1 Å². The van der Waals surface area contributed by atoms with Crippen LogP contribution in [0.2, 0.25) is 0 Å². The molecule has 23 heavy (non-hydrogen) atoms. The number of rotatable bonds is 6. The molecule has 0 unspecified atom stereocenters. The first-order valence-electron chi connectivity index (χ1n) is 7.30. The summed E-state index contributed by atoms with van der Waals surface area (Å²) in [4.78, 5) is 4.44. The highest BCUT2D eigenvalue weighted by molar-refractivity contribution is 7.09. The summed E-state index contributed by atoms with van der Waals surface area (Å²) in [6, 6.07) is 14.7. The standard InChI is InChI=1S/C17H16FN3OS/c1-2-22-15-9-8-12(10-14(15)18)11-19-17-20-16(21-23-17)13-6-4-3-5-7-13/h3-10H,2,11H2,1H3,(H,19,20,21). The van der Waals surface area contributed by atoms with Crippen molar-refractivity contribution in [1.29, 1.82) is 0 Å². The highest BCUT2D eigenvalue weighted by atomic mass is 32.1. The van der Waals surface area contributed by atoms with Crippen LogP contribution in [0.15, 0.2) is 48.5 Å². The first kappa shape index (κ1) is 15.4. The van der Waals surface area contributed by atoms with Gasteiger partial charge in [-0.15, -0.1) is 0 Å². The Morgan fingerprint density at radius 3 is 2.74 bits per heavy atom. The number of aromatic nitrogens is 2. The third kappa shape index (κ3) is 3.84. The van der Waals surface area contributed by atoms with Crippen molar-refractivity contribution in [2.75, 3.05) is 11.9 Å². The number of hydrogen-bond donors (Lipinski definition) is 1. The van der Waals surface area contributed by atoms with E-state index in [1.54, 1.807) is 6.07 Å². The van der Waals surface area contributed by atoms with Crippen molar-refractivity contribution in [2.45, 2.75) is 13.5 Å². The van der Waals surface area contributed by atoms with Gasteiger partial charge in [0, 0.05) is 23.6 Å². The van der Waals surface area contributed by atoms with Gasteiger partial charge in [-0.05, 0) is 24.6 Å². The highest BCUT2D eigenvalue weighted by Crippen LogP contribution is 2.22. The van der Waals surface area contributed by atoms with Gasteiger partial charge in [-0.2, -0.15) is 9.36 Å². The zero-order chi connectivity index (χ0) is 16.1. The fraction of sp³-hybridized carbons (Fsp3) is 0.176. The third-order valence-corrected chi connectivity index (χ3v) is 3.87. The van der Waals surface area contributed by atoms with Crippen LogP contribution in [-0.4, -0.2) is 16.0 Å². The number of benzene rings is 2. The molecule has 1 N–H and O–H groups in total. The second-order valence-electron chi connectivity index (χ2n) is 4.84. The summed E-state index contributed by atoms with van der Waals surface area (Å²) in [6.07, 6.45) is 0. The number of hydrogen-bond acceptors (Lipinski definition) is 5. The lowest BCUT2D eigenvalue weighted by Gasteiger charge is -2.07. The first-order valence-corrected chi connectivity index (χ1v) is 8.08. The lowest BCUT2D eigenvalue weighted by Crippen LogP contribution is -2.01. The van der Waals surface area contributed by atoms with Crippen LogP contribution < -0.4 is 10.1 Å². The first-order chi connectivity index (χ1) is 11.3. The fourth-order valence-corrected chi connectivity index (χ4v) is 2.69. The molecule has 0 aliphatic heterocycles. The SMILES string of the molecule is CCOc1ccc(CNc2nc(-c3ccccc3)ns2)cc1F. The van der Waals surface area contributed by atoms with Crippen LogP contribution in [0.1, 0.15) is 12.5 Å². The number of nitrogens with one attached hydrogen (secondary N) is 1. The minimum absolute atomic E-state index is 0.276. The maximum absolute atomic E-state index is 13.8. The molecule has 0 spiro atoms. The molecule has 3 rings (SSSR count). The van der Waals surface area contributed by atoms with Gasteiger partial charge in [0.2, 0.25) is 5.13 Å². The lowest BCUT2D eigenvalue weighted by atomic mass is 10.2. The molecule has 0 saturated carbocycles. The number of halogens is 1. The highest BCUT2D eigenvalue weighted by Gasteiger charge is 2.07.